The Balaban J connectivity index is 2.33. The SMILES string of the molecule is CN1CCOC(CNC(=O)[C@H](N)C(C)(C)C)C1. The highest BCUT2D eigenvalue weighted by atomic mass is 16.5. The second kappa shape index (κ2) is 5.80. The molecule has 1 fully saturated rings. The molecule has 5 nitrogen and oxygen atoms in total. The molecule has 0 aromatic rings. The van der Waals surface area contributed by atoms with Gasteiger partial charge in [-0.25, -0.2) is 0 Å². The van der Waals surface area contributed by atoms with Crippen LogP contribution in [0.3, 0.4) is 0 Å². The van der Waals surface area contributed by atoms with E-state index >= 15 is 0 Å². The molecule has 1 aliphatic rings. The quantitative estimate of drug-likeness (QED) is 0.721. The number of likely N-dealkylation sites (N-methyl/N-ethyl adjacent to an activating group) is 1. The van der Waals surface area contributed by atoms with Gasteiger partial charge in [0.2, 0.25) is 5.91 Å². The summed E-state index contributed by atoms with van der Waals surface area (Å²) < 4.78 is 5.57. The van der Waals surface area contributed by atoms with E-state index in [-0.39, 0.29) is 17.4 Å². The largest absolute Gasteiger partial charge is 0.374 e. The van der Waals surface area contributed by atoms with Gasteiger partial charge >= 0.3 is 0 Å². The first kappa shape index (κ1) is 14.4. The zero-order valence-corrected chi connectivity index (χ0v) is 11.3. The fraction of sp³-hybridized carbons (Fsp3) is 0.917. The Hall–Kier alpha value is -0.650. The lowest BCUT2D eigenvalue weighted by Gasteiger charge is -2.31. The van der Waals surface area contributed by atoms with Crippen LogP contribution in [-0.2, 0) is 9.53 Å². The van der Waals surface area contributed by atoms with Crippen LogP contribution in [0.15, 0.2) is 0 Å². The minimum absolute atomic E-state index is 0.0740. The highest BCUT2D eigenvalue weighted by Crippen LogP contribution is 2.17. The topological polar surface area (TPSA) is 67.6 Å². The number of amides is 1. The molecule has 5 heteroatoms. The Bertz CT molecular complexity index is 263. The van der Waals surface area contributed by atoms with Crippen molar-refractivity contribution in [3.63, 3.8) is 0 Å². The van der Waals surface area contributed by atoms with Gasteiger partial charge < -0.3 is 20.7 Å². The van der Waals surface area contributed by atoms with Gasteiger partial charge in [-0.15, -0.1) is 0 Å². The molecule has 0 aromatic carbocycles. The van der Waals surface area contributed by atoms with Crippen LogP contribution < -0.4 is 11.1 Å². The van der Waals surface area contributed by atoms with Gasteiger partial charge in [-0.1, -0.05) is 20.8 Å². The van der Waals surface area contributed by atoms with Crippen molar-refractivity contribution in [1.29, 1.82) is 0 Å². The third-order valence-corrected chi connectivity index (χ3v) is 3.06. The summed E-state index contributed by atoms with van der Waals surface area (Å²) in [6.45, 7) is 8.94. The minimum atomic E-state index is -0.483. The molecular weight excluding hydrogens is 218 g/mol. The van der Waals surface area contributed by atoms with Crippen LogP contribution in [0.2, 0.25) is 0 Å². The number of nitrogens with zero attached hydrogens (tertiary/aromatic N) is 1. The van der Waals surface area contributed by atoms with E-state index in [0.717, 1.165) is 19.7 Å². The fourth-order valence-electron chi connectivity index (χ4n) is 1.71. The van der Waals surface area contributed by atoms with Gasteiger partial charge in [-0.3, -0.25) is 4.79 Å². The van der Waals surface area contributed by atoms with Gasteiger partial charge in [0, 0.05) is 19.6 Å². The van der Waals surface area contributed by atoms with Crippen LogP contribution in [0.4, 0.5) is 0 Å². The smallest absolute Gasteiger partial charge is 0.237 e. The Labute approximate surface area is 104 Å². The molecule has 1 rings (SSSR count). The van der Waals surface area contributed by atoms with Crippen LogP contribution in [-0.4, -0.2) is 56.2 Å². The lowest BCUT2D eigenvalue weighted by atomic mass is 9.87. The zero-order chi connectivity index (χ0) is 13.1. The molecule has 0 saturated carbocycles. The third-order valence-electron chi connectivity index (χ3n) is 3.06. The number of hydrogen-bond donors (Lipinski definition) is 2. The van der Waals surface area contributed by atoms with Gasteiger partial charge in [0.1, 0.15) is 0 Å². The standard InChI is InChI=1S/C12H25N3O2/c1-12(2,3)10(13)11(16)14-7-9-8-15(4)5-6-17-9/h9-10H,5-8,13H2,1-4H3,(H,14,16)/t9?,10-/m0/s1. The van der Waals surface area contributed by atoms with Crippen LogP contribution in [0.5, 0.6) is 0 Å². The normalized spacial score (nSPS) is 24.4. The molecule has 1 saturated heterocycles. The number of nitrogens with one attached hydrogen (secondary N) is 1. The molecule has 100 valence electrons. The summed E-state index contributed by atoms with van der Waals surface area (Å²) in [6.07, 6.45) is 0.0740. The molecule has 3 N–H and O–H groups in total. The zero-order valence-electron chi connectivity index (χ0n) is 11.3. The predicted octanol–water partition coefficient (Wildman–Crippen LogP) is -0.193. The summed E-state index contributed by atoms with van der Waals surface area (Å²) in [4.78, 5) is 14.0. The van der Waals surface area contributed by atoms with E-state index in [1.165, 1.54) is 0 Å². The average Bonchev–Trinajstić information content (AvgIpc) is 2.23. The number of morpholine rings is 1. The van der Waals surface area contributed by atoms with Crippen molar-refractivity contribution >= 4 is 5.91 Å². The number of ether oxygens (including phenoxy) is 1. The summed E-state index contributed by atoms with van der Waals surface area (Å²) in [7, 11) is 2.05. The van der Waals surface area contributed by atoms with Crippen LogP contribution in [0.25, 0.3) is 0 Å². The van der Waals surface area contributed by atoms with E-state index in [2.05, 4.69) is 17.3 Å². The summed E-state index contributed by atoms with van der Waals surface area (Å²) in [5.74, 6) is -0.102. The highest BCUT2D eigenvalue weighted by Gasteiger charge is 2.28. The van der Waals surface area contributed by atoms with Gasteiger partial charge in [-0.2, -0.15) is 0 Å². The fourth-order valence-corrected chi connectivity index (χ4v) is 1.71. The second-order valence-electron chi connectivity index (χ2n) is 5.84. The molecular formula is C12H25N3O2. The molecule has 1 aliphatic heterocycles. The Morgan fingerprint density at radius 1 is 1.59 bits per heavy atom. The molecule has 2 atom stereocenters. The van der Waals surface area contributed by atoms with E-state index in [1.807, 2.05) is 20.8 Å². The van der Waals surface area contributed by atoms with Gasteiger partial charge in [0.05, 0.1) is 18.8 Å². The number of carbonyl (C=O) groups excluding carboxylic acids is 1. The maximum absolute atomic E-state index is 11.8. The van der Waals surface area contributed by atoms with Crippen LogP contribution >= 0.6 is 0 Å². The summed E-state index contributed by atoms with van der Waals surface area (Å²) in [5, 5.41) is 2.86. The molecule has 0 bridgehead atoms. The maximum Gasteiger partial charge on any atom is 0.237 e. The van der Waals surface area contributed by atoms with Crippen molar-refractivity contribution in [3.8, 4) is 0 Å². The van der Waals surface area contributed by atoms with Gasteiger partial charge in [-0.05, 0) is 12.5 Å². The van der Waals surface area contributed by atoms with Crippen LogP contribution in [0, 0.1) is 5.41 Å². The number of hydrogen-bond acceptors (Lipinski definition) is 4. The monoisotopic (exact) mass is 243 g/mol. The molecule has 1 amide bonds. The summed E-state index contributed by atoms with van der Waals surface area (Å²) >= 11 is 0. The molecule has 0 spiro atoms. The molecule has 1 unspecified atom stereocenters. The van der Waals surface area contributed by atoms with Crippen molar-refractivity contribution < 1.29 is 9.53 Å². The minimum Gasteiger partial charge on any atom is -0.374 e. The first-order valence-electron chi connectivity index (χ1n) is 6.14. The van der Waals surface area contributed by atoms with Crippen molar-refractivity contribution in [3.05, 3.63) is 0 Å². The Morgan fingerprint density at radius 2 is 2.24 bits per heavy atom. The molecule has 0 aliphatic carbocycles. The van der Waals surface area contributed by atoms with Crippen molar-refractivity contribution in [2.24, 2.45) is 11.1 Å². The van der Waals surface area contributed by atoms with Crippen molar-refractivity contribution in [2.45, 2.75) is 32.9 Å². The number of carbonyl (C=O) groups is 1. The van der Waals surface area contributed by atoms with E-state index in [9.17, 15) is 4.79 Å². The predicted molar refractivity (Wildman–Crippen MR) is 67.7 cm³/mol. The first-order valence-corrected chi connectivity index (χ1v) is 6.14. The van der Waals surface area contributed by atoms with E-state index in [1.54, 1.807) is 0 Å². The van der Waals surface area contributed by atoms with E-state index < -0.39 is 6.04 Å². The summed E-state index contributed by atoms with van der Waals surface area (Å²) in [6, 6.07) is -0.483. The number of rotatable bonds is 3. The van der Waals surface area contributed by atoms with Gasteiger partial charge in [0.25, 0.3) is 0 Å². The summed E-state index contributed by atoms with van der Waals surface area (Å²) in [5.41, 5.74) is 5.66. The van der Waals surface area contributed by atoms with Crippen molar-refractivity contribution in [1.82, 2.24) is 10.2 Å². The molecule has 0 aromatic heterocycles. The first-order chi connectivity index (χ1) is 7.80. The maximum atomic E-state index is 11.8. The number of nitrogens with two attached hydrogens (primary N) is 1. The molecule has 17 heavy (non-hydrogen) atoms. The molecule has 1 heterocycles. The Morgan fingerprint density at radius 3 is 2.76 bits per heavy atom. The van der Waals surface area contributed by atoms with Crippen molar-refractivity contribution in [2.75, 3.05) is 33.3 Å². The highest BCUT2D eigenvalue weighted by molar-refractivity contribution is 5.82. The molecule has 0 radical (unpaired) electrons. The average molecular weight is 243 g/mol. The lowest BCUT2D eigenvalue weighted by Crippen LogP contribution is -2.52. The lowest BCUT2D eigenvalue weighted by molar-refractivity contribution is -0.125. The Kier molecular flexibility index (Phi) is 4.91. The van der Waals surface area contributed by atoms with Gasteiger partial charge in [0.15, 0.2) is 0 Å². The van der Waals surface area contributed by atoms with Crippen LogP contribution in [0.1, 0.15) is 20.8 Å². The third kappa shape index (κ3) is 4.61. The van der Waals surface area contributed by atoms with E-state index in [0.29, 0.717) is 6.54 Å². The second-order valence-corrected chi connectivity index (χ2v) is 5.84. The van der Waals surface area contributed by atoms with E-state index in [4.69, 9.17) is 10.5 Å².